The van der Waals surface area contributed by atoms with Crippen molar-refractivity contribution in [1.29, 1.82) is 0 Å². The van der Waals surface area contributed by atoms with Crippen LogP contribution in [0, 0.1) is 43.4 Å². The molecule has 0 unspecified atom stereocenters. The van der Waals surface area contributed by atoms with Crippen LogP contribution in [0.1, 0.15) is 36.8 Å². The number of carbonyl (C=O) groups is 4. The van der Waals surface area contributed by atoms with Gasteiger partial charge in [0.25, 0.3) is 0 Å². The highest BCUT2D eigenvalue weighted by Gasteiger charge is 2.61. The van der Waals surface area contributed by atoms with Crippen molar-refractivity contribution in [2.45, 2.75) is 39.5 Å². The van der Waals surface area contributed by atoms with Gasteiger partial charge in [-0.25, -0.2) is 4.90 Å². The number of ether oxygens (including phenoxy) is 1. The summed E-state index contributed by atoms with van der Waals surface area (Å²) in [5.41, 5.74) is 3.36. The first-order valence-corrected chi connectivity index (χ1v) is 12.4. The number of hydrogen-bond acceptors (Lipinski definition) is 5. The molecule has 5 atom stereocenters. The minimum Gasteiger partial charge on any atom is -0.426 e. The number of fused-ring (bicyclic) bond motifs is 5. The minimum atomic E-state index is -0.587. The maximum atomic E-state index is 13.1. The number of nitrogens with zero attached hydrogens (tertiary/aromatic N) is 2. The van der Waals surface area contributed by atoms with E-state index in [9.17, 15) is 19.2 Å². The van der Waals surface area contributed by atoms with Gasteiger partial charge in [-0.1, -0.05) is 18.2 Å². The fourth-order valence-electron chi connectivity index (χ4n) is 6.68. The Labute approximate surface area is 204 Å². The third-order valence-corrected chi connectivity index (χ3v) is 8.55. The number of rotatable bonds is 4. The first kappa shape index (κ1) is 22.0. The maximum absolute atomic E-state index is 13.1. The monoisotopic (exact) mass is 472 g/mol. The second-order valence-corrected chi connectivity index (χ2v) is 10.4. The molecule has 3 amide bonds. The van der Waals surface area contributed by atoms with Crippen LogP contribution in [0.25, 0.3) is 0 Å². The van der Waals surface area contributed by atoms with Crippen molar-refractivity contribution in [2.24, 2.45) is 29.6 Å². The summed E-state index contributed by atoms with van der Waals surface area (Å²) in [4.78, 5) is 54.9. The first-order valence-electron chi connectivity index (χ1n) is 12.4. The zero-order valence-corrected chi connectivity index (χ0v) is 19.9. The maximum Gasteiger partial charge on any atom is 0.316 e. The second-order valence-electron chi connectivity index (χ2n) is 10.4. The van der Waals surface area contributed by atoms with Crippen LogP contribution in [0.5, 0.6) is 5.75 Å². The summed E-state index contributed by atoms with van der Waals surface area (Å²) in [6.07, 6.45) is 3.11. The fraction of sp³-hybridized carbons (Fsp3) is 0.429. The highest BCUT2D eigenvalue weighted by molar-refractivity contribution is 6.22. The molecule has 2 saturated heterocycles. The summed E-state index contributed by atoms with van der Waals surface area (Å²) in [5, 5.41) is 0. The lowest BCUT2D eigenvalue weighted by molar-refractivity contribution is -0.139. The summed E-state index contributed by atoms with van der Waals surface area (Å²) >= 11 is 0. The van der Waals surface area contributed by atoms with E-state index in [2.05, 4.69) is 0 Å². The predicted octanol–water partition coefficient (Wildman–Crippen LogP) is 3.80. The summed E-state index contributed by atoms with van der Waals surface area (Å²) < 4.78 is 5.64. The topological polar surface area (TPSA) is 84.0 Å². The number of amides is 3. The Balaban J connectivity index is 1.17. The zero-order valence-electron chi connectivity index (χ0n) is 19.9. The lowest BCUT2D eigenvalue weighted by atomic mass is 9.81. The molecule has 0 spiro atoms. The Bertz CT molecular complexity index is 1240. The van der Waals surface area contributed by atoms with E-state index in [1.165, 1.54) is 4.90 Å². The molecule has 2 bridgehead atoms. The molecule has 2 saturated carbocycles. The van der Waals surface area contributed by atoms with Crippen LogP contribution in [0.15, 0.2) is 42.5 Å². The van der Waals surface area contributed by atoms with Crippen molar-refractivity contribution in [2.75, 3.05) is 16.3 Å². The van der Waals surface area contributed by atoms with Crippen LogP contribution >= 0.6 is 0 Å². The SMILES string of the molecule is Cc1cccc(N2C[C@H](C(=O)Oc3cccc(N4C(=O)[C@@H]5[C@H]6CC[C@@H](C6)[C@@H]5C4=O)c3)CC2=O)c1C. The number of anilines is 2. The highest BCUT2D eigenvalue weighted by Crippen LogP contribution is 2.56. The molecular formula is C28H28N2O5. The van der Waals surface area contributed by atoms with Gasteiger partial charge < -0.3 is 9.64 Å². The van der Waals surface area contributed by atoms with Gasteiger partial charge in [0.1, 0.15) is 5.75 Å². The van der Waals surface area contributed by atoms with E-state index in [1.54, 1.807) is 29.2 Å². The largest absolute Gasteiger partial charge is 0.426 e. The number of hydrogen-bond donors (Lipinski definition) is 0. The zero-order chi connectivity index (χ0) is 24.4. The quantitative estimate of drug-likeness (QED) is 0.384. The molecule has 35 heavy (non-hydrogen) atoms. The van der Waals surface area contributed by atoms with Gasteiger partial charge in [-0.3, -0.25) is 19.2 Å². The lowest BCUT2D eigenvalue weighted by Gasteiger charge is -2.20. The highest BCUT2D eigenvalue weighted by atomic mass is 16.5. The van der Waals surface area contributed by atoms with Gasteiger partial charge in [0, 0.05) is 24.7 Å². The van der Waals surface area contributed by atoms with Crippen LogP contribution in [-0.4, -0.2) is 30.2 Å². The van der Waals surface area contributed by atoms with Gasteiger partial charge in [0.15, 0.2) is 0 Å². The van der Waals surface area contributed by atoms with Crippen LogP contribution in [0.4, 0.5) is 11.4 Å². The van der Waals surface area contributed by atoms with Crippen LogP contribution in [0.2, 0.25) is 0 Å². The molecular weight excluding hydrogens is 444 g/mol. The van der Waals surface area contributed by atoms with Crippen molar-refractivity contribution >= 4 is 35.1 Å². The number of imide groups is 1. The molecule has 2 aromatic carbocycles. The van der Waals surface area contributed by atoms with Gasteiger partial charge in [-0.2, -0.15) is 0 Å². The Morgan fingerprint density at radius 2 is 1.63 bits per heavy atom. The third-order valence-electron chi connectivity index (χ3n) is 8.55. The molecule has 2 aliphatic carbocycles. The van der Waals surface area contributed by atoms with Gasteiger partial charge >= 0.3 is 5.97 Å². The fourth-order valence-corrected chi connectivity index (χ4v) is 6.68. The Morgan fingerprint density at radius 3 is 2.34 bits per heavy atom. The normalized spacial score (nSPS) is 29.3. The molecule has 180 valence electrons. The van der Waals surface area contributed by atoms with E-state index in [-0.39, 0.29) is 48.3 Å². The van der Waals surface area contributed by atoms with Gasteiger partial charge in [0.2, 0.25) is 17.7 Å². The number of esters is 1. The molecule has 0 aromatic heterocycles. The third kappa shape index (κ3) is 3.39. The van der Waals surface area contributed by atoms with E-state index in [0.29, 0.717) is 17.5 Å². The summed E-state index contributed by atoms with van der Waals surface area (Å²) in [6, 6.07) is 12.4. The van der Waals surface area contributed by atoms with E-state index in [1.807, 2.05) is 32.0 Å². The van der Waals surface area contributed by atoms with E-state index in [0.717, 1.165) is 36.1 Å². The van der Waals surface area contributed by atoms with Crippen LogP contribution < -0.4 is 14.5 Å². The second kappa shape index (κ2) is 8.04. The lowest BCUT2D eigenvalue weighted by Crippen LogP contribution is -2.32. The van der Waals surface area contributed by atoms with Crippen LogP contribution in [-0.2, 0) is 19.2 Å². The van der Waals surface area contributed by atoms with Crippen molar-refractivity contribution in [3.8, 4) is 5.75 Å². The summed E-state index contributed by atoms with van der Waals surface area (Å²) in [7, 11) is 0. The van der Waals surface area contributed by atoms with Gasteiger partial charge in [-0.15, -0.1) is 0 Å². The molecule has 4 aliphatic rings. The van der Waals surface area contributed by atoms with E-state index >= 15 is 0 Å². The average molecular weight is 473 g/mol. The summed E-state index contributed by atoms with van der Waals surface area (Å²) in [6.45, 7) is 4.22. The molecule has 7 nitrogen and oxygen atoms in total. The van der Waals surface area contributed by atoms with Crippen molar-refractivity contribution in [1.82, 2.24) is 0 Å². The van der Waals surface area contributed by atoms with Crippen molar-refractivity contribution in [3.63, 3.8) is 0 Å². The van der Waals surface area contributed by atoms with E-state index in [4.69, 9.17) is 4.74 Å². The van der Waals surface area contributed by atoms with E-state index < -0.39 is 11.9 Å². The predicted molar refractivity (Wildman–Crippen MR) is 129 cm³/mol. The Hall–Kier alpha value is -3.48. The van der Waals surface area contributed by atoms with Gasteiger partial charge in [-0.05, 0) is 74.3 Å². The minimum absolute atomic E-state index is 0.0845. The molecule has 4 fully saturated rings. The molecule has 7 heteroatoms. The van der Waals surface area contributed by atoms with Crippen molar-refractivity contribution in [3.05, 3.63) is 53.6 Å². The standard InChI is InChI=1S/C28H28N2O5/c1-15-5-3-8-22(16(15)2)29-14-19(12-23(29)31)28(34)35-21-7-4-6-20(13-21)30-26(32)24-17-9-10-18(11-17)25(24)27(30)33/h3-8,13,17-19,24-25H,9-12,14H2,1-2H3/t17-,18-,19+,24-,25+/m0/s1. The first-order chi connectivity index (χ1) is 16.8. The molecule has 2 heterocycles. The molecule has 2 aliphatic heterocycles. The molecule has 6 rings (SSSR count). The van der Waals surface area contributed by atoms with Gasteiger partial charge in [0.05, 0.1) is 23.4 Å². The molecule has 0 N–H and O–H groups in total. The van der Waals surface area contributed by atoms with Crippen molar-refractivity contribution < 1.29 is 23.9 Å². The average Bonchev–Trinajstić information content (AvgIpc) is 3.59. The number of carbonyl (C=O) groups excluding carboxylic acids is 4. The Morgan fingerprint density at radius 1 is 0.943 bits per heavy atom. The smallest absolute Gasteiger partial charge is 0.316 e. The van der Waals surface area contributed by atoms with Crippen LogP contribution in [0.3, 0.4) is 0 Å². The molecule has 2 aromatic rings. The number of benzene rings is 2. The molecule has 0 radical (unpaired) electrons. The summed E-state index contributed by atoms with van der Waals surface area (Å²) in [5.74, 6) is -0.939. The Kier molecular flexibility index (Phi) is 5.06. The number of aryl methyl sites for hydroxylation is 1.